The lowest BCUT2D eigenvalue weighted by Gasteiger charge is -2.13. The molecule has 5 aromatic rings. The predicted molar refractivity (Wildman–Crippen MR) is 149 cm³/mol. The van der Waals surface area contributed by atoms with Gasteiger partial charge in [-0.15, -0.1) is 0 Å². The summed E-state index contributed by atoms with van der Waals surface area (Å²) in [5, 5.41) is 7.13. The van der Waals surface area contributed by atoms with Crippen molar-refractivity contribution >= 4 is 45.6 Å². The number of aryl methyl sites for hydroxylation is 1. The lowest BCUT2D eigenvalue weighted by atomic mass is 10.0. The molecule has 8 heteroatoms. The third-order valence-electron chi connectivity index (χ3n) is 5.90. The van der Waals surface area contributed by atoms with E-state index in [2.05, 4.69) is 15.5 Å². The van der Waals surface area contributed by atoms with Crippen molar-refractivity contribution < 1.29 is 9.53 Å². The van der Waals surface area contributed by atoms with Gasteiger partial charge in [-0.3, -0.25) is 14.2 Å². The van der Waals surface area contributed by atoms with Gasteiger partial charge in [0.25, 0.3) is 11.5 Å². The van der Waals surface area contributed by atoms with E-state index in [0.29, 0.717) is 27.5 Å². The fraction of sp³-hybridized carbons (Fsp3) is 0.103. The number of para-hydroxylation sites is 1. The van der Waals surface area contributed by atoms with Crippen molar-refractivity contribution in [3.63, 3.8) is 0 Å². The van der Waals surface area contributed by atoms with Crippen LogP contribution < -0.4 is 15.7 Å². The number of amides is 1. The number of ether oxygens (including phenoxy) is 1. The zero-order valence-electron chi connectivity index (χ0n) is 20.3. The molecule has 0 saturated heterocycles. The van der Waals surface area contributed by atoms with Crippen molar-refractivity contribution in [2.75, 3.05) is 12.9 Å². The number of hydrazone groups is 1. The maximum absolute atomic E-state index is 13.3. The van der Waals surface area contributed by atoms with Crippen LogP contribution in [0.3, 0.4) is 0 Å². The number of nitrogens with one attached hydrogen (secondary N) is 1. The Morgan fingerprint density at radius 3 is 2.51 bits per heavy atom. The summed E-state index contributed by atoms with van der Waals surface area (Å²) in [5.41, 5.74) is 5.53. The summed E-state index contributed by atoms with van der Waals surface area (Å²) >= 11 is 1.18. The van der Waals surface area contributed by atoms with E-state index in [9.17, 15) is 9.59 Å². The number of carbonyl (C=O) groups is 1. The zero-order chi connectivity index (χ0) is 25.8. The molecule has 0 aliphatic rings. The molecule has 4 aromatic carbocycles. The molecule has 1 amide bonds. The standard InChI is InChI=1S/C29H24N4O3S/c1-19-11-14-21(15-12-19)33-28(35)23-9-5-6-10-25(23)31-29(33)37-18-27(34)32-30-17-24-22-8-4-3-7-20(22)13-16-26(24)36-2/h3-17H,18H2,1-2H3,(H,32,34)/b30-17-. The second-order valence-corrected chi connectivity index (χ2v) is 9.31. The Labute approximate surface area is 217 Å². The molecule has 0 unspecified atom stereocenters. The van der Waals surface area contributed by atoms with Gasteiger partial charge >= 0.3 is 0 Å². The number of thioether (sulfide) groups is 1. The van der Waals surface area contributed by atoms with Gasteiger partial charge in [0.1, 0.15) is 5.75 Å². The van der Waals surface area contributed by atoms with E-state index >= 15 is 0 Å². The molecule has 0 atom stereocenters. The number of hydrogen-bond acceptors (Lipinski definition) is 6. The van der Waals surface area contributed by atoms with Crippen LogP contribution in [0.15, 0.2) is 100.0 Å². The molecular formula is C29H24N4O3S. The Morgan fingerprint density at radius 1 is 1.00 bits per heavy atom. The van der Waals surface area contributed by atoms with Crippen molar-refractivity contribution in [2.24, 2.45) is 5.10 Å². The number of hydrogen-bond donors (Lipinski definition) is 1. The topological polar surface area (TPSA) is 85.6 Å². The van der Waals surface area contributed by atoms with E-state index in [1.807, 2.05) is 79.7 Å². The van der Waals surface area contributed by atoms with E-state index in [1.54, 1.807) is 30.0 Å². The minimum Gasteiger partial charge on any atom is -0.496 e. The summed E-state index contributed by atoms with van der Waals surface area (Å²) in [6.07, 6.45) is 1.58. The van der Waals surface area contributed by atoms with Crippen molar-refractivity contribution in [3.05, 3.63) is 106 Å². The highest BCUT2D eigenvalue weighted by atomic mass is 32.2. The van der Waals surface area contributed by atoms with Gasteiger partial charge in [-0.25, -0.2) is 10.4 Å². The maximum Gasteiger partial charge on any atom is 0.266 e. The van der Waals surface area contributed by atoms with Crippen LogP contribution in [-0.4, -0.2) is 34.5 Å². The van der Waals surface area contributed by atoms with Gasteiger partial charge in [0, 0.05) is 5.56 Å². The van der Waals surface area contributed by atoms with E-state index in [0.717, 1.165) is 21.9 Å². The molecule has 0 spiro atoms. The van der Waals surface area contributed by atoms with Gasteiger partial charge in [0.05, 0.1) is 35.7 Å². The first-order valence-electron chi connectivity index (χ1n) is 11.6. The molecule has 0 bridgehead atoms. The largest absolute Gasteiger partial charge is 0.496 e. The van der Waals surface area contributed by atoms with Crippen molar-refractivity contribution in [2.45, 2.75) is 12.1 Å². The molecule has 0 aliphatic heterocycles. The van der Waals surface area contributed by atoms with Crippen LogP contribution in [0, 0.1) is 6.92 Å². The third-order valence-corrected chi connectivity index (χ3v) is 6.84. The van der Waals surface area contributed by atoms with Gasteiger partial charge in [-0.05, 0) is 48.0 Å². The zero-order valence-corrected chi connectivity index (χ0v) is 21.2. The molecule has 0 saturated carbocycles. The summed E-state index contributed by atoms with van der Waals surface area (Å²) < 4.78 is 7.02. The van der Waals surface area contributed by atoms with Crippen molar-refractivity contribution in [1.82, 2.24) is 15.0 Å². The number of nitrogens with zero attached hydrogens (tertiary/aromatic N) is 3. The van der Waals surface area contributed by atoms with Crippen LogP contribution in [0.4, 0.5) is 0 Å². The minimum absolute atomic E-state index is 0.0284. The monoisotopic (exact) mass is 508 g/mol. The van der Waals surface area contributed by atoms with Crippen LogP contribution in [-0.2, 0) is 4.79 Å². The highest BCUT2D eigenvalue weighted by molar-refractivity contribution is 7.99. The molecular weight excluding hydrogens is 484 g/mol. The van der Waals surface area contributed by atoms with Crippen LogP contribution in [0.5, 0.6) is 5.75 Å². The molecule has 1 heterocycles. The number of aromatic nitrogens is 2. The van der Waals surface area contributed by atoms with E-state index in [-0.39, 0.29) is 17.2 Å². The van der Waals surface area contributed by atoms with Gasteiger partial charge in [-0.2, -0.15) is 5.10 Å². The van der Waals surface area contributed by atoms with Crippen molar-refractivity contribution in [1.29, 1.82) is 0 Å². The van der Waals surface area contributed by atoms with Crippen LogP contribution >= 0.6 is 11.8 Å². The molecule has 7 nitrogen and oxygen atoms in total. The molecule has 1 aromatic heterocycles. The second kappa shape index (κ2) is 10.7. The average molecular weight is 509 g/mol. The molecule has 0 radical (unpaired) electrons. The average Bonchev–Trinajstić information content (AvgIpc) is 2.93. The summed E-state index contributed by atoms with van der Waals surface area (Å²) in [4.78, 5) is 30.7. The SMILES string of the molecule is COc1ccc2ccccc2c1/C=N\NC(=O)CSc1nc2ccccc2c(=O)n1-c1ccc(C)cc1. The number of fused-ring (bicyclic) bond motifs is 2. The predicted octanol–water partition coefficient (Wildman–Crippen LogP) is 5.10. The van der Waals surface area contributed by atoms with Gasteiger partial charge in [-0.1, -0.05) is 71.9 Å². The molecule has 1 N–H and O–H groups in total. The fourth-order valence-electron chi connectivity index (χ4n) is 4.05. The lowest BCUT2D eigenvalue weighted by Crippen LogP contribution is -2.24. The summed E-state index contributed by atoms with van der Waals surface area (Å²) in [6.45, 7) is 1.99. The number of methoxy groups -OCH3 is 1. The summed E-state index contributed by atoms with van der Waals surface area (Å²) in [5.74, 6) is 0.368. The van der Waals surface area contributed by atoms with E-state index in [1.165, 1.54) is 11.8 Å². The molecule has 184 valence electrons. The molecule has 5 rings (SSSR count). The second-order valence-electron chi connectivity index (χ2n) is 8.37. The Kier molecular flexibility index (Phi) is 7.00. The van der Waals surface area contributed by atoms with Crippen LogP contribution in [0.25, 0.3) is 27.4 Å². The number of rotatable bonds is 7. The van der Waals surface area contributed by atoms with Gasteiger partial charge < -0.3 is 4.74 Å². The minimum atomic E-state index is -0.321. The van der Waals surface area contributed by atoms with E-state index < -0.39 is 0 Å². The Balaban J connectivity index is 1.38. The summed E-state index contributed by atoms with van der Waals surface area (Å²) in [6, 6.07) is 26.6. The first-order valence-corrected chi connectivity index (χ1v) is 12.6. The highest BCUT2D eigenvalue weighted by Crippen LogP contribution is 2.26. The lowest BCUT2D eigenvalue weighted by molar-refractivity contribution is -0.118. The first kappa shape index (κ1) is 24.3. The Hall–Kier alpha value is -4.43. The third kappa shape index (κ3) is 5.10. The molecule has 37 heavy (non-hydrogen) atoms. The smallest absolute Gasteiger partial charge is 0.266 e. The maximum atomic E-state index is 13.3. The Bertz CT molecular complexity index is 1690. The Morgan fingerprint density at radius 2 is 1.73 bits per heavy atom. The van der Waals surface area contributed by atoms with Crippen LogP contribution in [0.1, 0.15) is 11.1 Å². The normalized spacial score (nSPS) is 11.3. The van der Waals surface area contributed by atoms with E-state index in [4.69, 9.17) is 4.74 Å². The number of benzene rings is 4. The highest BCUT2D eigenvalue weighted by Gasteiger charge is 2.15. The number of carbonyl (C=O) groups excluding carboxylic acids is 1. The fourth-order valence-corrected chi connectivity index (χ4v) is 4.85. The molecule has 0 aliphatic carbocycles. The van der Waals surface area contributed by atoms with Crippen LogP contribution in [0.2, 0.25) is 0 Å². The van der Waals surface area contributed by atoms with Gasteiger partial charge in [0.2, 0.25) is 0 Å². The first-order chi connectivity index (χ1) is 18.0. The van der Waals surface area contributed by atoms with Crippen molar-refractivity contribution in [3.8, 4) is 11.4 Å². The van der Waals surface area contributed by atoms with Gasteiger partial charge in [0.15, 0.2) is 5.16 Å². The molecule has 0 fully saturated rings. The quantitative estimate of drug-likeness (QED) is 0.143. The summed E-state index contributed by atoms with van der Waals surface area (Å²) in [7, 11) is 1.60.